The summed E-state index contributed by atoms with van der Waals surface area (Å²) in [5.74, 6) is -9.54. The Bertz CT molecular complexity index is 808. The van der Waals surface area contributed by atoms with E-state index in [1.807, 2.05) is 0 Å². The molecular formula is C14H7F5O. The number of hydrogen-bond donors (Lipinski definition) is 0. The van der Waals surface area contributed by atoms with Gasteiger partial charge < -0.3 is 0 Å². The van der Waals surface area contributed by atoms with Gasteiger partial charge in [-0.05, 0) is 25.5 Å². The third kappa shape index (κ3) is 1.24. The molecular weight excluding hydrogens is 279 g/mol. The quantitative estimate of drug-likeness (QED) is 0.406. The van der Waals surface area contributed by atoms with E-state index >= 15 is 0 Å². The first-order valence-corrected chi connectivity index (χ1v) is 5.73. The Balaban J connectivity index is 2.61. The number of Topliss-reactive ketones (excluding diaryl/α,β-unsaturated/α-hetero) is 1. The smallest absolute Gasteiger partial charge is 0.198 e. The zero-order valence-electron chi connectivity index (χ0n) is 10.4. The van der Waals surface area contributed by atoms with Crippen molar-refractivity contribution < 1.29 is 26.7 Å². The maximum atomic E-state index is 13.9. The fourth-order valence-corrected chi connectivity index (χ4v) is 2.60. The molecule has 0 atom stereocenters. The molecule has 0 radical (unpaired) electrons. The van der Waals surface area contributed by atoms with Crippen LogP contribution in [0.1, 0.15) is 29.8 Å². The molecule has 20 heavy (non-hydrogen) atoms. The molecule has 2 aromatic carbocycles. The summed E-state index contributed by atoms with van der Waals surface area (Å²) in [6.45, 7) is 2.97. The number of benzene rings is 2. The molecule has 1 aliphatic rings. The van der Waals surface area contributed by atoms with Crippen LogP contribution in [0.5, 0.6) is 0 Å². The highest BCUT2D eigenvalue weighted by molar-refractivity contribution is 6.21. The molecule has 0 unspecified atom stereocenters. The van der Waals surface area contributed by atoms with Crippen molar-refractivity contribution in [1.82, 2.24) is 0 Å². The van der Waals surface area contributed by atoms with Crippen LogP contribution >= 0.6 is 0 Å². The lowest BCUT2D eigenvalue weighted by atomic mass is 9.64. The van der Waals surface area contributed by atoms with E-state index in [0.717, 1.165) is 6.07 Å². The van der Waals surface area contributed by atoms with Gasteiger partial charge in [0.25, 0.3) is 0 Å². The average Bonchev–Trinajstić information content (AvgIpc) is 2.41. The molecule has 1 aliphatic carbocycles. The number of halogens is 5. The van der Waals surface area contributed by atoms with Gasteiger partial charge in [-0.2, -0.15) is 0 Å². The van der Waals surface area contributed by atoms with Crippen LogP contribution in [0.2, 0.25) is 0 Å². The lowest BCUT2D eigenvalue weighted by Gasteiger charge is -2.37. The number of fused-ring (bicyclic) bond motifs is 3. The lowest BCUT2D eigenvalue weighted by Crippen LogP contribution is -2.41. The Morgan fingerprint density at radius 2 is 1.35 bits per heavy atom. The van der Waals surface area contributed by atoms with Gasteiger partial charge >= 0.3 is 0 Å². The number of hydrogen-bond acceptors (Lipinski definition) is 1. The Kier molecular flexibility index (Phi) is 2.32. The molecule has 0 heterocycles. The fraction of sp³-hybridized carbons (Fsp3) is 0.214. The molecule has 0 spiro atoms. The SMILES string of the molecule is CC1(C)C(=O)c2c1cc(F)c1c(F)c(F)c(F)c(F)c21. The molecule has 0 saturated heterocycles. The average molecular weight is 286 g/mol. The van der Waals surface area contributed by atoms with Gasteiger partial charge in [-0.15, -0.1) is 0 Å². The molecule has 1 nitrogen and oxygen atoms in total. The number of carbonyl (C=O) groups is 1. The first kappa shape index (κ1) is 13.0. The van der Waals surface area contributed by atoms with E-state index in [4.69, 9.17) is 0 Å². The van der Waals surface area contributed by atoms with E-state index in [9.17, 15) is 26.7 Å². The number of rotatable bonds is 0. The molecule has 3 rings (SSSR count). The van der Waals surface area contributed by atoms with Crippen molar-refractivity contribution in [3.05, 3.63) is 46.3 Å². The highest BCUT2D eigenvalue weighted by Crippen LogP contribution is 2.46. The van der Waals surface area contributed by atoms with Crippen molar-refractivity contribution >= 4 is 16.6 Å². The van der Waals surface area contributed by atoms with Gasteiger partial charge in [-0.3, -0.25) is 4.79 Å². The molecule has 0 amide bonds. The second-order valence-corrected chi connectivity index (χ2v) is 5.24. The van der Waals surface area contributed by atoms with E-state index in [1.54, 1.807) is 0 Å². The summed E-state index contributed by atoms with van der Waals surface area (Å²) in [4.78, 5) is 11.9. The minimum atomic E-state index is -2.10. The van der Waals surface area contributed by atoms with Gasteiger partial charge in [0.05, 0.1) is 10.8 Å². The number of ketones is 1. The highest BCUT2D eigenvalue weighted by Gasteiger charge is 2.47. The maximum absolute atomic E-state index is 13.9. The van der Waals surface area contributed by atoms with Crippen LogP contribution in [-0.4, -0.2) is 5.78 Å². The summed E-state index contributed by atoms with van der Waals surface area (Å²) in [7, 11) is 0. The van der Waals surface area contributed by atoms with E-state index < -0.39 is 51.1 Å². The Morgan fingerprint density at radius 1 is 0.850 bits per heavy atom. The Morgan fingerprint density at radius 3 is 1.90 bits per heavy atom. The summed E-state index contributed by atoms with van der Waals surface area (Å²) in [6, 6.07) is 0.860. The van der Waals surface area contributed by atoms with Crippen LogP contribution < -0.4 is 0 Å². The minimum absolute atomic E-state index is 0.150. The summed E-state index contributed by atoms with van der Waals surface area (Å²) in [6.07, 6.45) is 0. The van der Waals surface area contributed by atoms with E-state index in [1.165, 1.54) is 13.8 Å². The predicted octanol–water partition coefficient (Wildman–Crippen LogP) is 4.01. The summed E-state index contributed by atoms with van der Waals surface area (Å²) < 4.78 is 67.8. The van der Waals surface area contributed by atoms with Crippen molar-refractivity contribution in [2.75, 3.05) is 0 Å². The molecule has 6 heteroatoms. The first-order chi connectivity index (χ1) is 9.19. The van der Waals surface area contributed by atoms with Gasteiger partial charge in [-0.1, -0.05) is 0 Å². The molecule has 0 aromatic heterocycles. The zero-order valence-corrected chi connectivity index (χ0v) is 10.4. The molecule has 0 fully saturated rings. The third-order valence-electron chi connectivity index (χ3n) is 3.76. The van der Waals surface area contributed by atoms with Gasteiger partial charge in [0.2, 0.25) is 0 Å². The van der Waals surface area contributed by atoms with E-state index in [2.05, 4.69) is 0 Å². The van der Waals surface area contributed by atoms with Crippen LogP contribution in [0.3, 0.4) is 0 Å². The second-order valence-electron chi connectivity index (χ2n) is 5.24. The number of carbonyl (C=O) groups excluding carboxylic acids is 1. The fourth-order valence-electron chi connectivity index (χ4n) is 2.60. The molecule has 0 saturated carbocycles. The predicted molar refractivity (Wildman–Crippen MR) is 61.1 cm³/mol. The van der Waals surface area contributed by atoms with Gasteiger partial charge in [0.1, 0.15) is 5.82 Å². The molecule has 0 aliphatic heterocycles. The van der Waals surface area contributed by atoms with Crippen LogP contribution in [0.15, 0.2) is 6.07 Å². The van der Waals surface area contributed by atoms with Crippen molar-refractivity contribution in [2.45, 2.75) is 19.3 Å². The van der Waals surface area contributed by atoms with Gasteiger partial charge in [0, 0.05) is 10.9 Å². The van der Waals surface area contributed by atoms with E-state index in [0.29, 0.717) is 0 Å². The maximum Gasteiger partial charge on any atom is 0.198 e. The molecule has 0 N–H and O–H groups in total. The van der Waals surface area contributed by atoms with Crippen molar-refractivity contribution in [2.24, 2.45) is 0 Å². The Hall–Kier alpha value is -1.98. The van der Waals surface area contributed by atoms with Crippen LogP contribution in [0.4, 0.5) is 22.0 Å². The van der Waals surface area contributed by atoms with Crippen molar-refractivity contribution in [3.8, 4) is 0 Å². The first-order valence-electron chi connectivity index (χ1n) is 5.73. The summed E-state index contributed by atoms with van der Waals surface area (Å²) in [5, 5.41) is -1.87. The van der Waals surface area contributed by atoms with Crippen LogP contribution in [0.25, 0.3) is 10.8 Å². The molecule has 104 valence electrons. The molecule has 2 aromatic rings. The van der Waals surface area contributed by atoms with Crippen molar-refractivity contribution in [1.29, 1.82) is 0 Å². The lowest BCUT2D eigenvalue weighted by molar-refractivity contribution is 0.0867. The standard InChI is InChI=1S/C14H7F5O/c1-14(2)4-3-5(15)7-8(6(4)13(14)20)10(17)12(19)11(18)9(7)16/h3H,1-2H3. The normalized spacial score (nSPS) is 16.2. The monoisotopic (exact) mass is 286 g/mol. The molecule has 0 bridgehead atoms. The van der Waals surface area contributed by atoms with Crippen LogP contribution in [-0.2, 0) is 5.41 Å². The van der Waals surface area contributed by atoms with Gasteiger partial charge in [0.15, 0.2) is 29.1 Å². The highest BCUT2D eigenvalue weighted by atomic mass is 19.2. The largest absolute Gasteiger partial charge is 0.293 e. The van der Waals surface area contributed by atoms with Crippen molar-refractivity contribution in [3.63, 3.8) is 0 Å². The minimum Gasteiger partial charge on any atom is -0.293 e. The third-order valence-corrected chi connectivity index (χ3v) is 3.76. The Labute approximate surface area is 110 Å². The topological polar surface area (TPSA) is 17.1 Å². The second kappa shape index (κ2) is 3.56. The van der Waals surface area contributed by atoms with E-state index in [-0.39, 0.29) is 11.1 Å². The van der Waals surface area contributed by atoms with Crippen LogP contribution in [0, 0.1) is 29.1 Å². The summed E-state index contributed by atoms with van der Waals surface area (Å²) >= 11 is 0. The zero-order chi connectivity index (χ0) is 15.0. The summed E-state index contributed by atoms with van der Waals surface area (Å²) in [5.41, 5.74) is -1.20. The van der Waals surface area contributed by atoms with Gasteiger partial charge in [-0.25, -0.2) is 22.0 Å².